The lowest BCUT2D eigenvalue weighted by atomic mass is 10.2. The average Bonchev–Trinajstić information content (AvgIpc) is 2.90. The van der Waals surface area contributed by atoms with E-state index in [2.05, 4.69) is 4.90 Å². The Morgan fingerprint density at radius 3 is 2.57 bits per heavy atom. The van der Waals surface area contributed by atoms with E-state index < -0.39 is 0 Å². The Morgan fingerprint density at radius 1 is 1.14 bits per heavy atom. The smallest absolute Gasteiger partial charge is 0.161 e. The molecule has 5 nitrogen and oxygen atoms in total. The molecule has 0 radical (unpaired) electrons. The zero-order valence-corrected chi connectivity index (χ0v) is 13.1. The standard InChI is InChI=1S/C16H25NO4/c1-18-12-13-10-14(19-2)11-17(13)8-9-21-16-7-5-4-6-15(16)20-3/h4-7,13-14H,8-12H2,1-3H3/t13-,14-/m0/s1. The lowest BCUT2D eigenvalue weighted by Crippen LogP contribution is -2.36. The van der Waals surface area contributed by atoms with Crippen LogP contribution < -0.4 is 9.47 Å². The van der Waals surface area contributed by atoms with Crippen molar-refractivity contribution >= 4 is 0 Å². The molecule has 0 spiro atoms. The van der Waals surface area contributed by atoms with Crippen LogP contribution in [0.25, 0.3) is 0 Å². The normalized spacial score (nSPS) is 22.4. The van der Waals surface area contributed by atoms with E-state index in [1.165, 1.54) is 0 Å². The predicted octanol–water partition coefficient (Wildman–Crippen LogP) is 1.81. The van der Waals surface area contributed by atoms with Gasteiger partial charge in [0.1, 0.15) is 6.61 Å². The van der Waals surface area contributed by atoms with Crippen molar-refractivity contribution < 1.29 is 18.9 Å². The fourth-order valence-corrected chi connectivity index (χ4v) is 2.76. The molecule has 5 heteroatoms. The number of benzene rings is 1. The van der Waals surface area contributed by atoms with Crippen LogP contribution in [0.5, 0.6) is 11.5 Å². The van der Waals surface area contributed by atoms with Gasteiger partial charge in [-0.2, -0.15) is 0 Å². The number of hydrogen-bond acceptors (Lipinski definition) is 5. The molecule has 1 aromatic carbocycles. The number of ether oxygens (including phenoxy) is 4. The maximum absolute atomic E-state index is 5.84. The van der Waals surface area contributed by atoms with E-state index in [-0.39, 0.29) is 6.10 Å². The van der Waals surface area contributed by atoms with E-state index >= 15 is 0 Å². The SMILES string of the molecule is COC[C@@H]1C[C@H](OC)CN1CCOc1ccccc1OC. The fraction of sp³-hybridized carbons (Fsp3) is 0.625. The number of rotatable bonds is 8. The largest absolute Gasteiger partial charge is 0.493 e. The van der Waals surface area contributed by atoms with Crippen molar-refractivity contribution in [3.63, 3.8) is 0 Å². The van der Waals surface area contributed by atoms with Gasteiger partial charge in [0.25, 0.3) is 0 Å². The van der Waals surface area contributed by atoms with E-state index in [1.807, 2.05) is 24.3 Å². The van der Waals surface area contributed by atoms with Crippen LogP contribution in [0.4, 0.5) is 0 Å². The molecule has 1 fully saturated rings. The van der Waals surface area contributed by atoms with Gasteiger partial charge in [0.15, 0.2) is 11.5 Å². The molecule has 1 aliphatic heterocycles. The summed E-state index contributed by atoms with van der Waals surface area (Å²) in [4.78, 5) is 2.37. The molecule has 0 aliphatic carbocycles. The third kappa shape index (κ3) is 4.33. The Morgan fingerprint density at radius 2 is 1.90 bits per heavy atom. The molecule has 118 valence electrons. The first kappa shape index (κ1) is 16.1. The minimum Gasteiger partial charge on any atom is -0.493 e. The lowest BCUT2D eigenvalue weighted by molar-refractivity contribution is 0.100. The minimum absolute atomic E-state index is 0.288. The second-order valence-corrected chi connectivity index (χ2v) is 5.20. The van der Waals surface area contributed by atoms with Gasteiger partial charge in [-0.1, -0.05) is 12.1 Å². The molecule has 1 saturated heterocycles. The Labute approximate surface area is 126 Å². The zero-order chi connectivity index (χ0) is 15.1. The fourth-order valence-electron chi connectivity index (χ4n) is 2.76. The van der Waals surface area contributed by atoms with Crippen LogP contribution in [-0.4, -0.2) is 64.7 Å². The molecule has 1 heterocycles. The summed E-state index contributed by atoms with van der Waals surface area (Å²) in [5.41, 5.74) is 0. The molecule has 1 aliphatic rings. The van der Waals surface area contributed by atoms with E-state index in [1.54, 1.807) is 21.3 Å². The Kier molecular flexibility index (Phi) is 6.29. The number of methoxy groups -OCH3 is 3. The highest BCUT2D eigenvalue weighted by molar-refractivity contribution is 5.39. The van der Waals surface area contributed by atoms with Gasteiger partial charge in [0.2, 0.25) is 0 Å². The Hall–Kier alpha value is -1.30. The van der Waals surface area contributed by atoms with Crippen LogP contribution in [0.3, 0.4) is 0 Å². The summed E-state index contributed by atoms with van der Waals surface area (Å²) in [6.45, 7) is 3.14. The molecule has 2 atom stereocenters. The monoisotopic (exact) mass is 295 g/mol. The first-order chi connectivity index (χ1) is 10.3. The summed E-state index contributed by atoms with van der Waals surface area (Å²) >= 11 is 0. The zero-order valence-electron chi connectivity index (χ0n) is 13.1. The summed E-state index contributed by atoms with van der Waals surface area (Å²) in [6, 6.07) is 8.11. The van der Waals surface area contributed by atoms with Gasteiger partial charge >= 0.3 is 0 Å². The molecule has 21 heavy (non-hydrogen) atoms. The Balaban J connectivity index is 1.84. The third-order valence-corrected chi connectivity index (χ3v) is 3.89. The highest BCUT2D eigenvalue weighted by Crippen LogP contribution is 2.26. The van der Waals surface area contributed by atoms with Gasteiger partial charge < -0.3 is 18.9 Å². The number of hydrogen-bond donors (Lipinski definition) is 0. The quantitative estimate of drug-likeness (QED) is 0.731. The number of para-hydroxylation sites is 2. The minimum atomic E-state index is 0.288. The maximum atomic E-state index is 5.84. The molecule has 0 saturated carbocycles. The number of likely N-dealkylation sites (tertiary alicyclic amines) is 1. The van der Waals surface area contributed by atoms with Crippen LogP contribution in [0.1, 0.15) is 6.42 Å². The number of nitrogens with zero attached hydrogens (tertiary/aromatic N) is 1. The van der Waals surface area contributed by atoms with Crippen LogP contribution in [0.15, 0.2) is 24.3 Å². The lowest BCUT2D eigenvalue weighted by Gasteiger charge is -2.23. The van der Waals surface area contributed by atoms with Gasteiger partial charge in [0, 0.05) is 33.4 Å². The van der Waals surface area contributed by atoms with Gasteiger partial charge in [-0.15, -0.1) is 0 Å². The second-order valence-electron chi connectivity index (χ2n) is 5.20. The van der Waals surface area contributed by atoms with Crippen LogP contribution >= 0.6 is 0 Å². The molecule has 0 unspecified atom stereocenters. The van der Waals surface area contributed by atoms with Gasteiger partial charge in [-0.3, -0.25) is 4.90 Å². The van der Waals surface area contributed by atoms with Crippen LogP contribution in [0.2, 0.25) is 0 Å². The van der Waals surface area contributed by atoms with Crippen molar-refractivity contribution in [1.29, 1.82) is 0 Å². The summed E-state index contributed by atoms with van der Waals surface area (Å²) in [5, 5.41) is 0. The van der Waals surface area contributed by atoms with Gasteiger partial charge in [-0.05, 0) is 18.6 Å². The molecule has 0 amide bonds. The van der Waals surface area contributed by atoms with Crippen molar-refractivity contribution in [3.8, 4) is 11.5 Å². The highest BCUT2D eigenvalue weighted by Gasteiger charge is 2.31. The third-order valence-electron chi connectivity index (χ3n) is 3.89. The molecular weight excluding hydrogens is 270 g/mol. The van der Waals surface area contributed by atoms with Gasteiger partial charge in [-0.25, -0.2) is 0 Å². The molecule has 0 aromatic heterocycles. The van der Waals surface area contributed by atoms with Crippen molar-refractivity contribution in [2.75, 3.05) is 47.6 Å². The maximum Gasteiger partial charge on any atom is 0.161 e. The second kappa shape index (κ2) is 8.22. The summed E-state index contributed by atoms with van der Waals surface area (Å²) in [5.74, 6) is 1.55. The summed E-state index contributed by atoms with van der Waals surface area (Å²) < 4.78 is 21.9. The van der Waals surface area contributed by atoms with Gasteiger partial charge in [0.05, 0.1) is 19.8 Å². The summed E-state index contributed by atoms with van der Waals surface area (Å²) in [6.07, 6.45) is 1.30. The molecule has 0 N–H and O–H groups in total. The van der Waals surface area contributed by atoms with Crippen molar-refractivity contribution in [1.82, 2.24) is 4.90 Å². The van der Waals surface area contributed by atoms with Crippen molar-refractivity contribution in [3.05, 3.63) is 24.3 Å². The van der Waals surface area contributed by atoms with Crippen molar-refractivity contribution in [2.45, 2.75) is 18.6 Å². The van der Waals surface area contributed by atoms with E-state index in [4.69, 9.17) is 18.9 Å². The van der Waals surface area contributed by atoms with Crippen LogP contribution in [0, 0.1) is 0 Å². The predicted molar refractivity (Wildman–Crippen MR) is 81.1 cm³/mol. The Bertz CT molecular complexity index is 426. The van der Waals surface area contributed by atoms with E-state index in [9.17, 15) is 0 Å². The first-order valence-electron chi connectivity index (χ1n) is 7.30. The summed E-state index contributed by atoms with van der Waals surface area (Å²) in [7, 11) is 5.16. The van der Waals surface area contributed by atoms with E-state index in [0.717, 1.165) is 37.6 Å². The molecule has 0 bridgehead atoms. The van der Waals surface area contributed by atoms with E-state index in [0.29, 0.717) is 12.6 Å². The molecular formula is C16H25NO4. The van der Waals surface area contributed by atoms with Crippen LogP contribution in [-0.2, 0) is 9.47 Å². The molecule has 2 rings (SSSR count). The molecule has 1 aromatic rings. The van der Waals surface area contributed by atoms with Crippen molar-refractivity contribution in [2.24, 2.45) is 0 Å². The topological polar surface area (TPSA) is 40.2 Å². The average molecular weight is 295 g/mol. The first-order valence-corrected chi connectivity index (χ1v) is 7.30. The highest BCUT2D eigenvalue weighted by atomic mass is 16.5.